The molecule has 121 heavy (non-hydrogen) atoms. The lowest BCUT2D eigenvalue weighted by Crippen LogP contribution is -2.29. The Bertz CT molecular complexity index is 5120. The van der Waals surface area contributed by atoms with Crippen LogP contribution in [-0.2, 0) is 47.8 Å². The van der Waals surface area contributed by atoms with Crippen LogP contribution in [0.25, 0.3) is 17.3 Å². The first-order chi connectivity index (χ1) is 57.7. The van der Waals surface area contributed by atoms with Crippen LogP contribution in [0.3, 0.4) is 0 Å². The van der Waals surface area contributed by atoms with Crippen molar-refractivity contribution in [2.45, 2.75) is 87.4 Å². The van der Waals surface area contributed by atoms with Crippen molar-refractivity contribution in [2.75, 3.05) is 98.5 Å². The van der Waals surface area contributed by atoms with E-state index in [1.54, 1.807) is 172 Å². The van der Waals surface area contributed by atoms with E-state index >= 15 is 0 Å². The van der Waals surface area contributed by atoms with E-state index in [1.165, 1.54) is 78.7 Å². The molecule has 3 aromatic heterocycles. The number of carboxylic acid groups (broad SMARTS) is 1. The Labute approximate surface area is 707 Å². The number of nitrogens with zero attached hydrogens (tertiary/aromatic N) is 6. The van der Waals surface area contributed by atoms with Crippen molar-refractivity contribution in [3.63, 3.8) is 0 Å². The minimum absolute atomic E-state index is 0.0949. The summed E-state index contributed by atoms with van der Waals surface area (Å²) < 4.78 is 64.2. The molecule has 3 saturated heterocycles. The van der Waals surface area contributed by atoms with Crippen molar-refractivity contribution < 1.29 is 125 Å². The first kappa shape index (κ1) is 91.2. The van der Waals surface area contributed by atoms with Gasteiger partial charge >= 0.3 is 35.6 Å². The molecule has 636 valence electrons. The topological polar surface area (TPSA) is 411 Å². The van der Waals surface area contributed by atoms with Gasteiger partial charge in [0.25, 0.3) is 23.3 Å². The van der Waals surface area contributed by atoms with Gasteiger partial charge in [-0.2, -0.15) is 0 Å². The molecule has 9 aromatic rings. The maximum absolute atomic E-state index is 13.6. The fourth-order valence-corrected chi connectivity index (χ4v) is 16.3. The van der Waals surface area contributed by atoms with Gasteiger partial charge in [0.15, 0.2) is 15.4 Å². The number of aliphatic carboxylic acids is 1. The van der Waals surface area contributed by atoms with Crippen LogP contribution in [0.15, 0.2) is 126 Å². The van der Waals surface area contributed by atoms with Gasteiger partial charge in [0, 0.05) is 40.3 Å². The molecule has 3 amide bonds. The van der Waals surface area contributed by atoms with E-state index in [4.69, 9.17) is 66.7 Å². The van der Waals surface area contributed by atoms with Crippen molar-refractivity contribution in [1.82, 2.24) is 15.0 Å². The van der Waals surface area contributed by atoms with E-state index in [-0.39, 0.29) is 83.8 Å². The zero-order valence-corrected chi connectivity index (χ0v) is 71.9. The lowest BCUT2D eigenvalue weighted by Gasteiger charge is -2.25. The van der Waals surface area contributed by atoms with Gasteiger partial charge in [-0.3, -0.25) is 48.3 Å². The number of ketones is 3. The molecule has 0 spiro atoms. The van der Waals surface area contributed by atoms with E-state index in [1.807, 2.05) is 0 Å². The van der Waals surface area contributed by atoms with Gasteiger partial charge < -0.3 is 77.3 Å². The van der Waals surface area contributed by atoms with Gasteiger partial charge in [0.1, 0.15) is 102 Å². The second-order valence-corrected chi connectivity index (χ2v) is 29.2. The van der Waals surface area contributed by atoms with Crippen molar-refractivity contribution in [1.29, 1.82) is 0 Å². The molecule has 6 aromatic carbocycles. The van der Waals surface area contributed by atoms with Crippen LogP contribution in [0.2, 0.25) is 0 Å². The van der Waals surface area contributed by atoms with E-state index in [0.29, 0.717) is 102 Å². The van der Waals surface area contributed by atoms with E-state index in [0.717, 1.165) is 57.6 Å². The predicted octanol–water partition coefficient (Wildman–Crippen LogP) is 13.9. The van der Waals surface area contributed by atoms with Gasteiger partial charge in [-0.05, 0) is 188 Å². The molecule has 6 heterocycles. The first-order valence-electron chi connectivity index (χ1n) is 36.9. The number of thiazole rings is 3. The van der Waals surface area contributed by atoms with Crippen LogP contribution in [0.4, 0.5) is 15.4 Å². The smallest absolute Gasteiger partial charge is 0.350 e. The quantitative estimate of drug-likeness (QED) is 0.0143. The summed E-state index contributed by atoms with van der Waals surface area (Å²) in [6, 6.07) is 26.2. The SMILES string of the molecule is CC(=O)O.CCOC(=O)c1sc(N2C(=O)C(=O)/C(=C(/O)c3ccc(OC)c(C)c3)C2c2cc(OC)ccc2OC)nc1C.CCOC(=O)c1sc(N2C(=O)C(=O)/C(=C(/O)c3ccc(OC)c(C)c3)C2c2cc(OC)ccc2OC)nc1C.CCOC(=O)c1sc(N2C(=O)C(=O)/C(=C(/O)c3ccc(OC)c(C)c3)C2c2cc(OC)ccc2OC)nc1C. The summed E-state index contributed by atoms with van der Waals surface area (Å²) in [6.45, 7) is 16.9. The van der Waals surface area contributed by atoms with Crippen LogP contribution in [-0.4, -0.2) is 178 Å². The first-order valence-corrected chi connectivity index (χ1v) is 39.3. The molecule has 3 aliphatic heterocycles. The summed E-state index contributed by atoms with van der Waals surface area (Å²) in [5.74, 6) is -5.03. The van der Waals surface area contributed by atoms with Crippen molar-refractivity contribution in [2.24, 2.45) is 0 Å². The Morgan fingerprint density at radius 1 is 0.347 bits per heavy atom. The number of hydrogen-bond donors (Lipinski definition) is 4. The van der Waals surface area contributed by atoms with Crippen LogP contribution in [0.1, 0.15) is 142 Å². The highest BCUT2D eigenvalue weighted by Crippen LogP contribution is 2.52. The fraction of sp³-hybridized carbons (Fsp3) is 0.291. The van der Waals surface area contributed by atoms with Gasteiger partial charge in [0.05, 0.1) is 118 Å². The number of aryl methyl sites for hydroxylation is 6. The highest BCUT2D eigenvalue weighted by Gasteiger charge is 2.53. The number of aromatic nitrogens is 3. The Balaban J connectivity index is 0.000000202. The standard InChI is InChI=1S/3C28H28N2O8S.C2H4O2/c3*1-7-38-27(34)25-15(3)29-28(39-25)30-22(18-13-17(35-4)9-11-20(18)37-6)21(24(32)26(30)33)23(31)16-8-10-19(36-5)14(2)12-16;1-2(3)4/h3*8-13,22,31H,7H2,1-6H3;1H3,(H,3,4)/b3*23-21+;. The Morgan fingerprint density at radius 2 is 0.570 bits per heavy atom. The normalized spacial score (nSPS) is 16.0. The Hall–Kier alpha value is -13.7. The number of anilines is 3. The Kier molecular flexibility index (Phi) is 30.0. The van der Waals surface area contributed by atoms with E-state index in [9.17, 15) is 58.5 Å². The van der Waals surface area contributed by atoms with Crippen LogP contribution < -0.4 is 57.3 Å². The number of Topliss-reactive ketones (excluding diaryl/α,β-unsaturated/α-hetero) is 3. The molecule has 3 aliphatic rings. The van der Waals surface area contributed by atoms with Gasteiger partial charge in [-0.15, -0.1) is 0 Å². The second-order valence-electron chi connectivity index (χ2n) is 26.3. The third-order valence-electron chi connectivity index (χ3n) is 18.9. The lowest BCUT2D eigenvalue weighted by atomic mass is 9.94. The number of carbonyl (C=O) groups excluding carboxylic acids is 9. The zero-order chi connectivity index (χ0) is 88.9. The molecule has 0 aliphatic carbocycles. The number of methoxy groups -OCH3 is 9. The number of hydrogen-bond acceptors (Lipinski definition) is 31. The molecule has 35 heteroatoms. The van der Waals surface area contributed by atoms with Crippen LogP contribution in [0, 0.1) is 41.5 Å². The fourth-order valence-electron chi connectivity index (χ4n) is 13.3. The highest BCUT2D eigenvalue weighted by atomic mass is 32.1. The number of amides is 3. The summed E-state index contributed by atoms with van der Waals surface area (Å²) in [5, 5.41) is 42.1. The third kappa shape index (κ3) is 18.9. The van der Waals surface area contributed by atoms with Crippen LogP contribution in [0.5, 0.6) is 51.7 Å². The second kappa shape index (κ2) is 39.7. The molecule has 32 nitrogen and oxygen atoms in total. The zero-order valence-electron chi connectivity index (χ0n) is 69.4. The van der Waals surface area contributed by atoms with Crippen LogP contribution >= 0.6 is 34.0 Å². The summed E-state index contributed by atoms with van der Waals surface area (Å²) >= 11 is 2.77. The molecule has 12 rings (SSSR count). The average Bonchev–Trinajstić information content (AvgIpc) is 1.60. The number of rotatable bonds is 24. The third-order valence-corrected chi connectivity index (χ3v) is 22.3. The molecule has 3 unspecified atom stereocenters. The lowest BCUT2D eigenvalue weighted by molar-refractivity contribution is -0.134. The highest BCUT2D eigenvalue weighted by molar-refractivity contribution is 7.18. The summed E-state index contributed by atoms with van der Waals surface area (Å²) in [4.78, 5) is 145. The van der Waals surface area contributed by atoms with E-state index in [2.05, 4.69) is 15.0 Å². The predicted molar refractivity (Wildman–Crippen MR) is 448 cm³/mol. The molecular weight excluding hydrogens is 1630 g/mol. The van der Waals surface area contributed by atoms with Gasteiger partial charge in [0.2, 0.25) is 0 Å². The molecule has 0 saturated carbocycles. The van der Waals surface area contributed by atoms with Crippen molar-refractivity contribution in [3.05, 3.63) is 208 Å². The molecule has 3 atom stereocenters. The van der Waals surface area contributed by atoms with Gasteiger partial charge in [-0.1, -0.05) is 34.0 Å². The van der Waals surface area contributed by atoms with E-state index < -0.39 is 77.1 Å². The Morgan fingerprint density at radius 3 is 0.769 bits per heavy atom. The molecule has 0 bridgehead atoms. The van der Waals surface area contributed by atoms with Gasteiger partial charge in [-0.25, -0.2) is 29.3 Å². The largest absolute Gasteiger partial charge is 0.507 e. The molecule has 0 radical (unpaired) electrons. The summed E-state index contributed by atoms with van der Waals surface area (Å²) in [6.07, 6.45) is 0. The molecule has 3 fully saturated rings. The summed E-state index contributed by atoms with van der Waals surface area (Å²) in [5.41, 5.74) is 4.82. The number of carbonyl (C=O) groups is 10. The number of aliphatic hydroxyl groups excluding tert-OH is 3. The number of aliphatic hydroxyl groups is 3. The number of carboxylic acids is 1. The molecular formula is C86H88N6O26S3. The molecule has 4 N–H and O–H groups in total. The maximum atomic E-state index is 13.6. The average molecular weight is 1720 g/mol. The minimum Gasteiger partial charge on any atom is -0.507 e. The maximum Gasteiger partial charge on any atom is 0.350 e. The number of esters is 3. The van der Waals surface area contributed by atoms with Crippen molar-refractivity contribution in [3.8, 4) is 51.7 Å². The number of benzene rings is 6. The number of ether oxygens (including phenoxy) is 12. The monoisotopic (exact) mass is 1720 g/mol. The minimum atomic E-state index is -1.14. The summed E-state index contributed by atoms with van der Waals surface area (Å²) in [7, 11) is 13.4. The van der Waals surface area contributed by atoms with Crippen molar-refractivity contribution >= 4 is 126 Å².